The van der Waals surface area contributed by atoms with Gasteiger partial charge >= 0.3 is 12.1 Å². The minimum atomic E-state index is -0.744. The van der Waals surface area contributed by atoms with E-state index in [1.165, 1.54) is 31.3 Å². The van der Waals surface area contributed by atoms with Crippen molar-refractivity contribution in [2.75, 3.05) is 19.5 Å². The van der Waals surface area contributed by atoms with Crippen LogP contribution in [0.2, 0.25) is 5.02 Å². The fourth-order valence-corrected chi connectivity index (χ4v) is 4.92. The predicted octanol–water partition coefficient (Wildman–Crippen LogP) is 4.00. The molecule has 2 amide bonds. The van der Waals surface area contributed by atoms with Crippen molar-refractivity contribution in [3.63, 3.8) is 0 Å². The topological polar surface area (TPSA) is 172 Å². The Hall–Kier alpha value is -6.15. The molecular formula is C33H29ClN8O6. The number of aromatic nitrogens is 6. The summed E-state index contributed by atoms with van der Waals surface area (Å²) in [6.07, 6.45) is 4.00. The molecule has 5 rings (SSSR count). The summed E-state index contributed by atoms with van der Waals surface area (Å²) in [5, 5.41) is 21.7. The highest BCUT2D eigenvalue weighted by Crippen LogP contribution is 2.24. The van der Waals surface area contributed by atoms with Gasteiger partial charge in [-0.3, -0.25) is 19.7 Å². The van der Waals surface area contributed by atoms with Gasteiger partial charge in [-0.1, -0.05) is 54.1 Å². The Morgan fingerprint density at radius 2 is 1.75 bits per heavy atom. The zero-order valence-corrected chi connectivity index (χ0v) is 26.5. The molecule has 14 nitrogen and oxygen atoms in total. The molecule has 15 heteroatoms. The molecule has 0 aliphatic carbocycles. The first kappa shape index (κ1) is 33.2. The molecule has 0 aliphatic rings. The van der Waals surface area contributed by atoms with E-state index in [9.17, 15) is 19.2 Å². The van der Waals surface area contributed by atoms with Crippen LogP contribution in [0.3, 0.4) is 0 Å². The lowest BCUT2D eigenvalue weighted by Crippen LogP contribution is -2.34. The zero-order chi connectivity index (χ0) is 34.0. The number of anilines is 1. The van der Waals surface area contributed by atoms with Gasteiger partial charge in [0.2, 0.25) is 5.91 Å². The maximum atomic E-state index is 13.6. The van der Waals surface area contributed by atoms with Gasteiger partial charge < -0.3 is 14.8 Å². The van der Waals surface area contributed by atoms with E-state index in [0.717, 1.165) is 10.2 Å². The summed E-state index contributed by atoms with van der Waals surface area (Å²) in [6, 6.07) is 21.8. The number of carbonyl (C=O) groups excluding carboxylic acids is 3. The van der Waals surface area contributed by atoms with Crippen LogP contribution < -0.4 is 16.2 Å². The van der Waals surface area contributed by atoms with Crippen molar-refractivity contribution in [2.45, 2.75) is 19.0 Å². The van der Waals surface area contributed by atoms with Crippen molar-refractivity contribution in [3.8, 4) is 16.8 Å². The van der Waals surface area contributed by atoms with Crippen LogP contribution in [0.4, 0.5) is 10.5 Å². The van der Waals surface area contributed by atoms with Crippen LogP contribution in [-0.4, -0.2) is 62.2 Å². The summed E-state index contributed by atoms with van der Waals surface area (Å²) in [7, 11) is 2.46. The summed E-state index contributed by atoms with van der Waals surface area (Å²) >= 11 is 6.24. The number of ether oxygens (including phenoxy) is 2. The van der Waals surface area contributed by atoms with Gasteiger partial charge in [-0.2, -0.15) is 9.78 Å². The molecule has 3 aromatic carbocycles. The molecule has 0 fully saturated rings. The molecule has 1 unspecified atom stereocenters. The Balaban J connectivity index is 1.52. The second-order valence-electron chi connectivity index (χ2n) is 10.3. The molecule has 0 spiro atoms. The third-order valence-corrected chi connectivity index (χ3v) is 7.32. The Bertz CT molecular complexity index is 2000. The number of halogens is 1. The van der Waals surface area contributed by atoms with E-state index in [4.69, 9.17) is 16.3 Å². The fraction of sp³-hybridized carbons (Fsp3) is 0.152. The van der Waals surface area contributed by atoms with Crippen molar-refractivity contribution in [2.24, 2.45) is 0 Å². The van der Waals surface area contributed by atoms with Crippen LogP contribution in [0.25, 0.3) is 22.9 Å². The second kappa shape index (κ2) is 15.4. The Morgan fingerprint density at radius 1 is 0.979 bits per heavy atom. The van der Waals surface area contributed by atoms with Crippen LogP contribution in [-0.2, 0) is 32.0 Å². The first-order valence-corrected chi connectivity index (χ1v) is 14.8. The lowest BCUT2D eigenvalue weighted by Gasteiger charge is -2.20. The number of amides is 2. The van der Waals surface area contributed by atoms with E-state index < -0.39 is 36.1 Å². The van der Waals surface area contributed by atoms with Crippen molar-refractivity contribution < 1.29 is 23.9 Å². The number of benzene rings is 3. The lowest BCUT2D eigenvalue weighted by atomic mass is 10.00. The number of nitrogens with one attached hydrogen (secondary N) is 2. The highest BCUT2D eigenvalue weighted by Gasteiger charge is 2.21. The SMILES string of the molecule is COC(=O)Cn1nc(C(Cc2ccccc2)NC(=O)C=Cc2cc(Cl)ccc2-n2cnnn2)cc(-c2ccc(NC(=O)OC)cc2)c1=O. The third-order valence-electron chi connectivity index (χ3n) is 7.08. The van der Waals surface area contributed by atoms with Gasteiger partial charge in [-0.25, -0.2) is 9.48 Å². The van der Waals surface area contributed by atoms with E-state index in [1.54, 1.807) is 54.6 Å². The molecule has 0 saturated heterocycles. The van der Waals surface area contributed by atoms with Crippen molar-refractivity contribution in [1.29, 1.82) is 0 Å². The number of hydrogen-bond donors (Lipinski definition) is 2. The van der Waals surface area contributed by atoms with Gasteiger partial charge in [0.05, 0.1) is 37.2 Å². The highest BCUT2D eigenvalue weighted by atomic mass is 35.5. The Morgan fingerprint density at radius 3 is 2.44 bits per heavy atom. The predicted molar refractivity (Wildman–Crippen MR) is 176 cm³/mol. The number of nitrogens with zero attached hydrogens (tertiary/aromatic N) is 6. The smallest absolute Gasteiger partial charge is 0.411 e. The van der Waals surface area contributed by atoms with Gasteiger partial charge in [0.15, 0.2) is 0 Å². The molecular weight excluding hydrogens is 640 g/mol. The average Bonchev–Trinajstić information content (AvgIpc) is 3.64. The van der Waals surface area contributed by atoms with Crippen molar-refractivity contribution in [3.05, 3.63) is 123 Å². The Labute approximate surface area is 278 Å². The number of carbonyl (C=O) groups is 3. The largest absolute Gasteiger partial charge is 0.468 e. The number of esters is 1. The van der Waals surface area contributed by atoms with Gasteiger partial charge in [-0.15, -0.1) is 5.10 Å². The van der Waals surface area contributed by atoms with E-state index in [2.05, 4.69) is 36.0 Å². The highest BCUT2D eigenvalue weighted by molar-refractivity contribution is 6.30. The summed E-state index contributed by atoms with van der Waals surface area (Å²) in [5.41, 5.74) is 2.96. The molecule has 0 saturated carbocycles. The second-order valence-corrected chi connectivity index (χ2v) is 10.7. The summed E-state index contributed by atoms with van der Waals surface area (Å²) in [5.74, 6) is -1.15. The molecule has 48 heavy (non-hydrogen) atoms. The molecule has 2 N–H and O–H groups in total. The van der Waals surface area contributed by atoms with Gasteiger partial charge in [0.25, 0.3) is 5.56 Å². The number of hydrogen-bond acceptors (Lipinski definition) is 10. The van der Waals surface area contributed by atoms with Crippen LogP contribution in [0.5, 0.6) is 0 Å². The van der Waals surface area contributed by atoms with Gasteiger partial charge in [-0.05, 0) is 70.4 Å². The first-order chi connectivity index (χ1) is 23.2. The third kappa shape index (κ3) is 8.35. The zero-order valence-electron chi connectivity index (χ0n) is 25.7. The van der Waals surface area contributed by atoms with E-state index in [1.807, 2.05) is 30.3 Å². The number of rotatable bonds is 11. The first-order valence-electron chi connectivity index (χ1n) is 14.4. The minimum Gasteiger partial charge on any atom is -0.468 e. The van der Waals surface area contributed by atoms with Gasteiger partial charge in [0, 0.05) is 22.3 Å². The monoisotopic (exact) mass is 668 g/mol. The summed E-state index contributed by atoms with van der Waals surface area (Å²) in [6.45, 7) is -0.460. The maximum absolute atomic E-state index is 13.6. The fourth-order valence-electron chi connectivity index (χ4n) is 4.74. The molecule has 2 heterocycles. The normalized spacial score (nSPS) is 11.6. The standard InChI is InChI=1S/C33H29ClN8O6/c1-47-31(44)19-41-32(45)26(22-8-12-25(13-9-22)36-33(46)48-2)18-28(38-41)27(16-21-6-4-3-5-7-21)37-30(43)15-10-23-17-24(34)11-14-29(23)42-20-35-39-40-42/h3-15,17-18,20,27H,16,19H2,1-2H3,(H,36,46)(H,37,43). The lowest BCUT2D eigenvalue weighted by molar-refractivity contribution is -0.141. The van der Waals surface area contributed by atoms with Crippen LogP contribution in [0.15, 0.2) is 96.1 Å². The molecule has 2 aromatic heterocycles. The molecule has 5 aromatic rings. The van der Waals surface area contributed by atoms with Crippen LogP contribution in [0, 0.1) is 0 Å². The average molecular weight is 669 g/mol. The summed E-state index contributed by atoms with van der Waals surface area (Å²) in [4.78, 5) is 51.0. The molecule has 0 bridgehead atoms. The van der Waals surface area contributed by atoms with E-state index >= 15 is 0 Å². The number of tetrazole rings is 1. The molecule has 0 radical (unpaired) electrons. The minimum absolute atomic E-state index is 0.210. The molecule has 0 aliphatic heterocycles. The Kier molecular flexibility index (Phi) is 10.7. The molecule has 244 valence electrons. The summed E-state index contributed by atoms with van der Waals surface area (Å²) < 4.78 is 11.9. The van der Waals surface area contributed by atoms with Gasteiger partial charge in [0.1, 0.15) is 12.9 Å². The van der Waals surface area contributed by atoms with Crippen molar-refractivity contribution in [1.82, 2.24) is 35.3 Å². The van der Waals surface area contributed by atoms with Crippen LogP contribution >= 0.6 is 11.6 Å². The van der Waals surface area contributed by atoms with E-state index in [0.29, 0.717) is 39.6 Å². The molecule has 1 atom stereocenters. The van der Waals surface area contributed by atoms with Crippen LogP contribution in [0.1, 0.15) is 22.9 Å². The van der Waals surface area contributed by atoms with E-state index in [-0.39, 0.29) is 5.56 Å². The maximum Gasteiger partial charge on any atom is 0.411 e. The number of methoxy groups -OCH3 is 2. The quantitative estimate of drug-likeness (QED) is 0.155. The van der Waals surface area contributed by atoms with Crippen molar-refractivity contribution >= 4 is 41.3 Å².